The normalized spacial score (nSPS) is 18.3. The van der Waals surface area contributed by atoms with Crippen LogP contribution in [0.15, 0.2) is 42.5 Å². The molecule has 1 atom stereocenters. The van der Waals surface area contributed by atoms with Crippen molar-refractivity contribution in [2.45, 2.75) is 12.5 Å². The molecule has 2 aromatic carbocycles. The lowest BCUT2D eigenvalue weighted by Crippen LogP contribution is -2.47. The second-order valence-electron chi connectivity index (χ2n) is 7.67. The molecule has 0 aliphatic carbocycles. The van der Waals surface area contributed by atoms with E-state index < -0.39 is 6.03 Å². The van der Waals surface area contributed by atoms with Crippen LogP contribution < -0.4 is 9.47 Å². The quantitative estimate of drug-likeness (QED) is 0.688. The number of hydrogen-bond donors (Lipinski definition) is 0. The number of rotatable bonds is 5. The fourth-order valence-corrected chi connectivity index (χ4v) is 4.26. The molecule has 2 aliphatic rings. The van der Waals surface area contributed by atoms with E-state index in [0.29, 0.717) is 24.5 Å². The maximum atomic E-state index is 13.3. The zero-order valence-corrected chi connectivity index (χ0v) is 17.8. The monoisotopic (exact) mass is 423 g/mol. The summed E-state index contributed by atoms with van der Waals surface area (Å²) in [6, 6.07) is 12.8. The van der Waals surface area contributed by atoms with Crippen LogP contribution in [0.2, 0.25) is 0 Å². The molecule has 8 heteroatoms. The first kappa shape index (κ1) is 20.7. The number of urea groups is 1. The van der Waals surface area contributed by atoms with Crippen molar-refractivity contribution in [3.05, 3.63) is 59.2 Å². The maximum absolute atomic E-state index is 13.3. The van der Waals surface area contributed by atoms with Crippen molar-refractivity contribution in [1.29, 1.82) is 0 Å². The number of fused-ring (bicyclic) bond motifs is 1. The topological polar surface area (TPSA) is 79.4 Å². The number of amides is 4. The Labute approximate surface area is 180 Å². The van der Waals surface area contributed by atoms with Crippen LogP contribution >= 0.6 is 0 Å². The summed E-state index contributed by atoms with van der Waals surface area (Å²) in [5.41, 5.74) is 2.96. The molecule has 0 radical (unpaired) electrons. The lowest BCUT2D eigenvalue weighted by Gasteiger charge is -2.38. The third-order valence-corrected chi connectivity index (χ3v) is 5.83. The molecular weight excluding hydrogens is 398 g/mol. The minimum absolute atomic E-state index is 0.00590. The predicted molar refractivity (Wildman–Crippen MR) is 113 cm³/mol. The van der Waals surface area contributed by atoms with Gasteiger partial charge in [0, 0.05) is 13.6 Å². The molecule has 0 aromatic heterocycles. The van der Waals surface area contributed by atoms with E-state index in [4.69, 9.17) is 9.47 Å². The second-order valence-corrected chi connectivity index (χ2v) is 7.67. The molecule has 2 aliphatic heterocycles. The van der Waals surface area contributed by atoms with Crippen LogP contribution in [-0.4, -0.2) is 73.4 Å². The van der Waals surface area contributed by atoms with E-state index in [1.807, 2.05) is 42.5 Å². The van der Waals surface area contributed by atoms with Crippen molar-refractivity contribution >= 4 is 17.8 Å². The van der Waals surface area contributed by atoms with Gasteiger partial charge in [0.2, 0.25) is 5.91 Å². The molecular formula is C23H25N3O5. The van der Waals surface area contributed by atoms with E-state index in [1.165, 1.54) is 4.90 Å². The van der Waals surface area contributed by atoms with Gasteiger partial charge in [-0.1, -0.05) is 30.3 Å². The Kier molecular flexibility index (Phi) is 5.54. The zero-order valence-electron chi connectivity index (χ0n) is 17.8. The molecule has 1 fully saturated rings. The third-order valence-electron chi connectivity index (χ3n) is 5.83. The molecule has 0 bridgehead atoms. The van der Waals surface area contributed by atoms with Crippen molar-refractivity contribution in [3.63, 3.8) is 0 Å². The van der Waals surface area contributed by atoms with Gasteiger partial charge >= 0.3 is 6.03 Å². The fourth-order valence-electron chi connectivity index (χ4n) is 4.26. The number of imide groups is 1. The SMILES string of the molecule is COc1cc2c(cc1OC)[C@H](c1ccccc1)N(C(=O)CN1C(=O)CN(C)C1=O)CC2. The summed E-state index contributed by atoms with van der Waals surface area (Å²) in [6.45, 7) is 0.189. The van der Waals surface area contributed by atoms with Gasteiger partial charge in [-0.2, -0.15) is 0 Å². The Hall–Kier alpha value is -3.55. The van der Waals surface area contributed by atoms with Crippen LogP contribution in [0.4, 0.5) is 4.79 Å². The minimum atomic E-state index is -0.446. The molecule has 0 unspecified atom stereocenters. The Morgan fingerprint density at radius 2 is 1.74 bits per heavy atom. The molecule has 31 heavy (non-hydrogen) atoms. The van der Waals surface area contributed by atoms with Crippen LogP contribution in [-0.2, 0) is 16.0 Å². The first-order chi connectivity index (χ1) is 14.9. The Morgan fingerprint density at radius 1 is 1.06 bits per heavy atom. The van der Waals surface area contributed by atoms with Crippen molar-refractivity contribution in [2.24, 2.45) is 0 Å². The molecule has 0 N–H and O–H groups in total. The van der Waals surface area contributed by atoms with Gasteiger partial charge in [-0.15, -0.1) is 0 Å². The standard InChI is InChI=1S/C23H25N3O5/c1-24-13-20(27)26(23(24)29)14-21(28)25-10-9-16-11-18(30-2)19(31-3)12-17(16)22(25)15-7-5-4-6-8-15/h4-8,11-12,22H,9-10,13-14H2,1-3H3/t22-/m0/s1. The highest BCUT2D eigenvalue weighted by atomic mass is 16.5. The number of ether oxygens (including phenoxy) is 2. The zero-order chi connectivity index (χ0) is 22.1. The lowest BCUT2D eigenvalue weighted by molar-refractivity contribution is -0.138. The predicted octanol–water partition coefficient (Wildman–Crippen LogP) is 2.07. The summed E-state index contributed by atoms with van der Waals surface area (Å²) in [4.78, 5) is 41.8. The molecule has 2 heterocycles. The van der Waals surface area contributed by atoms with Gasteiger partial charge in [0.15, 0.2) is 11.5 Å². The Morgan fingerprint density at radius 3 is 2.35 bits per heavy atom. The number of benzene rings is 2. The van der Waals surface area contributed by atoms with E-state index in [0.717, 1.165) is 21.6 Å². The van der Waals surface area contributed by atoms with Gasteiger partial charge in [-0.05, 0) is 35.2 Å². The van der Waals surface area contributed by atoms with E-state index in [1.54, 1.807) is 26.2 Å². The van der Waals surface area contributed by atoms with Crippen LogP contribution in [0.1, 0.15) is 22.7 Å². The van der Waals surface area contributed by atoms with E-state index >= 15 is 0 Å². The summed E-state index contributed by atoms with van der Waals surface area (Å²) in [7, 11) is 4.72. The van der Waals surface area contributed by atoms with Crippen LogP contribution in [0, 0.1) is 0 Å². The van der Waals surface area contributed by atoms with Gasteiger partial charge in [-0.25, -0.2) is 4.79 Å². The number of carbonyl (C=O) groups excluding carboxylic acids is 3. The fraction of sp³-hybridized carbons (Fsp3) is 0.348. The van der Waals surface area contributed by atoms with Crippen molar-refractivity contribution in [3.8, 4) is 11.5 Å². The number of nitrogens with zero attached hydrogens (tertiary/aromatic N) is 3. The first-order valence-electron chi connectivity index (χ1n) is 10.1. The summed E-state index contributed by atoms with van der Waals surface area (Å²) < 4.78 is 10.9. The summed E-state index contributed by atoms with van der Waals surface area (Å²) in [5.74, 6) is 0.597. The van der Waals surface area contributed by atoms with Crippen LogP contribution in [0.25, 0.3) is 0 Å². The average molecular weight is 423 g/mol. The highest BCUT2D eigenvalue weighted by molar-refractivity contribution is 6.04. The lowest BCUT2D eigenvalue weighted by atomic mass is 9.87. The van der Waals surface area contributed by atoms with Crippen molar-refractivity contribution in [2.75, 3.05) is 40.9 Å². The smallest absolute Gasteiger partial charge is 0.327 e. The van der Waals surface area contributed by atoms with Gasteiger partial charge in [0.05, 0.1) is 20.3 Å². The maximum Gasteiger partial charge on any atom is 0.327 e. The molecule has 0 saturated carbocycles. The van der Waals surface area contributed by atoms with Gasteiger partial charge in [0.1, 0.15) is 13.1 Å². The van der Waals surface area contributed by atoms with Crippen molar-refractivity contribution < 1.29 is 23.9 Å². The van der Waals surface area contributed by atoms with E-state index in [-0.39, 0.29) is 30.9 Å². The Balaban J connectivity index is 1.72. The summed E-state index contributed by atoms with van der Waals surface area (Å²) >= 11 is 0. The van der Waals surface area contributed by atoms with Crippen LogP contribution in [0.5, 0.6) is 11.5 Å². The molecule has 2 aromatic rings. The molecule has 4 rings (SSSR count). The first-order valence-corrected chi connectivity index (χ1v) is 10.1. The molecule has 4 amide bonds. The summed E-state index contributed by atoms with van der Waals surface area (Å²) in [5, 5.41) is 0. The average Bonchev–Trinajstić information content (AvgIpc) is 3.03. The second kappa shape index (κ2) is 8.29. The Bertz CT molecular complexity index is 1020. The largest absolute Gasteiger partial charge is 0.493 e. The molecule has 8 nitrogen and oxygen atoms in total. The van der Waals surface area contributed by atoms with E-state index in [9.17, 15) is 14.4 Å². The van der Waals surface area contributed by atoms with Crippen molar-refractivity contribution in [1.82, 2.24) is 14.7 Å². The van der Waals surface area contributed by atoms with E-state index in [2.05, 4.69) is 0 Å². The van der Waals surface area contributed by atoms with Gasteiger partial charge in [-0.3, -0.25) is 14.5 Å². The third kappa shape index (κ3) is 3.69. The number of hydrogen-bond acceptors (Lipinski definition) is 5. The van der Waals surface area contributed by atoms with Crippen LogP contribution in [0.3, 0.4) is 0 Å². The molecule has 162 valence electrons. The minimum Gasteiger partial charge on any atom is -0.493 e. The number of methoxy groups -OCH3 is 2. The number of carbonyl (C=O) groups is 3. The van der Waals surface area contributed by atoms with Gasteiger partial charge < -0.3 is 19.3 Å². The highest BCUT2D eigenvalue weighted by Crippen LogP contribution is 2.41. The number of likely N-dealkylation sites (N-methyl/N-ethyl adjacent to an activating group) is 1. The summed E-state index contributed by atoms with van der Waals surface area (Å²) in [6.07, 6.45) is 0.632. The van der Waals surface area contributed by atoms with Gasteiger partial charge in [0.25, 0.3) is 5.91 Å². The molecule has 0 spiro atoms. The molecule has 1 saturated heterocycles. The highest BCUT2D eigenvalue weighted by Gasteiger charge is 2.39.